The molecule has 0 saturated carbocycles. The number of likely N-dealkylation sites (tertiary alicyclic amines) is 1. The van der Waals surface area contributed by atoms with E-state index in [2.05, 4.69) is 6.58 Å². The maximum atomic E-state index is 11.1. The number of nitrogens with zero attached hydrogens (tertiary/aromatic N) is 1. The number of hydrogen-bond acceptors (Lipinski definition) is 3. The molecule has 0 aromatic carbocycles. The monoisotopic (exact) mass is 212 g/mol. The van der Waals surface area contributed by atoms with Gasteiger partial charge in [-0.05, 0) is 19.4 Å². The van der Waals surface area contributed by atoms with Crippen LogP contribution in [0.15, 0.2) is 12.2 Å². The Balaban J connectivity index is 2.61. The summed E-state index contributed by atoms with van der Waals surface area (Å²) < 4.78 is 0. The number of carbonyl (C=O) groups is 2. The first-order valence-electron chi connectivity index (χ1n) is 4.97. The van der Waals surface area contributed by atoms with E-state index in [4.69, 9.17) is 10.8 Å². The summed E-state index contributed by atoms with van der Waals surface area (Å²) in [6, 6.07) is -0.338. The normalized spacial score (nSPS) is 22.3. The van der Waals surface area contributed by atoms with Gasteiger partial charge in [-0.25, -0.2) is 4.79 Å². The number of aliphatic carboxylic acids is 1. The van der Waals surface area contributed by atoms with E-state index < -0.39 is 5.97 Å². The standard InChI is InChI=1S/C10H16N2O3/c1-7(10(14)15)6-12-5-3-2-4-8(12)9(11)13/h8H,1-6H2,(H2,11,13)(H,14,15). The van der Waals surface area contributed by atoms with Crippen molar-refractivity contribution in [2.24, 2.45) is 5.73 Å². The van der Waals surface area contributed by atoms with Gasteiger partial charge in [0.05, 0.1) is 6.04 Å². The molecular formula is C10H16N2O3. The molecule has 0 radical (unpaired) electrons. The van der Waals surface area contributed by atoms with Crippen molar-refractivity contribution in [2.45, 2.75) is 25.3 Å². The topological polar surface area (TPSA) is 83.6 Å². The van der Waals surface area contributed by atoms with Crippen LogP contribution in [0.5, 0.6) is 0 Å². The van der Waals surface area contributed by atoms with Gasteiger partial charge in [0.2, 0.25) is 5.91 Å². The van der Waals surface area contributed by atoms with Crippen molar-refractivity contribution >= 4 is 11.9 Å². The predicted octanol–water partition coefficient (Wildman–Crippen LogP) is -0.0330. The Morgan fingerprint density at radius 1 is 1.47 bits per heavy atom. The van der Waals surface area contributed by atoms with Gasteiger partial charge in [-0.15, -0.1) is 0 Å². The smallest absolute Gasteiger partial charge is 0.332 e. The van der Waals surface area contributed by atoms with Gasteiger partial charge >= 0.3 is 5.97 Å². The molecule has 5 heteroatoms. The van der Waals surface area contributed by atoms with Crippen molar-refractivity contribution in [1.82, 2.24) is 4.90 Å². The van der Waals surface area contributed by atoms with Crippen molar-refractivity contribution < 1.29 is 14.7 Å². The maximum absolute atomic E-state index is 11.1. The summed E-state index contributed by atoms with van der Waals surface area (Å²) in [5.41, 5.74) is 5.35. The number of nitrogens with two attached hydrogens (primary N) is 1. The Labute approximate surface area is 88.5 Å². The van der Waals surface area contributed by atoms with Crippen LogP contribution in [0.4, 0.5) is 0 Å². The number of carboxylic acids is 1. The van der Waals surface area contributed by atoms with E-state index in [-0.39, 0.29) is 24.1 Å². The summed E-state index contributed by atoms with van der Waals surface area (Å²) in [4.78, 5) is 23.5. The molecule has 84 valence electrons. The third kappa shape index (κ3) is 3.06. The number of carboxylic acid groups (broad SMARTS) is 1. The number of carbonyl (C=O) groups excluding carboxylic acids is 1. The third-order valence-electron chi connectivity index (χ3n) is 2.64. The zero-order valence-corrected chi connectivity index (χ0v) is 8.61. The van der Waals surface area contributed by atoms with Gasteiger partial charge in [0, 0.05) is 12.1 Å². The lowest BCUT2D eigenvalue weighted by Crippen LogP contribution is -2.48. The van der Waals surface area contributed by atoms with Crippen molar-refractivity contribution in [3.8, 4) is 0 Å². The molecule has 5 nitrogen and oxygen atoms in total. The number of piperidine rings is 1. The molecule has 1 fully saturated rings. The Bertz CT molecular complexity index is 288. The molecule has 1 saturated heterocycles. The minimum absolute atomic E-state index is 0.100. The molecule has 15 heavy (non-hydrogen) atoms. The quantitative estimate of drug-likeness (QED) is 0.641. The number of primary amides is 1. The molecule has 0 spiro atoms. The largest absolute Gasteiger partial charge is 0.478 e. The van der Waals surface area contributed by atoms with Crippen molar-refractivity contribution in [2.75, 3.05) is 13.1 Å². The minimum atomic E-state index is -1.02. The van der Waals surface area contributed by atoms with E-state index in [9.17, 15) is 9.59 Å². The molecule has 1 aliphatic heterocycles. The van der Waals surface area contributed by atoms with Crippen LogP contribution in [0.3, 0.4) is 0 Å². The highest BCUT2D eigenvalue weighted by Gasteiger charge is 2.27. The maximum Gasteiger partial charge on any atom is 0.332 e. The fraction of sp³-hybridized carbons (Fsp3) is 0.600. The average molecular weight is 212 g/mol. The lowest BCUT2D eigenvalue weighted by Gasteiger charge is -2.33. The van der Waals surface area contributed by atoms with Crippen LogP contribution in [-0.2, 0) is 9.59 Å². The highest BCUT2D eigenvalue weighted by Crippen LogP contribution is 2.17. The molecular weight excluding hydrogens is 196 g/mol. The first kappa shape index (κ1) is 11.7. The van der Waals surface area contributed by atoms with Gasteiger partial charge in [-0.1, -0.05) is 13.0 Å². The van der Waals surface area contributed by atoms with Crippen LogP contribution in [0.25, 0.3) is 0 Å². The zero-order valence-electron chi connectivity index (χ0n) is 8.61. The second kappa shape index (κ2) is 4.93. The Morgan fingerprint density at radius 2 is 2.13 bits per heavy atom. The van der Waals surface area contributed by atoms with Gasteiger partial charge in [0.15, 0.2) is 0 Å². The molecule has 1 atom stereocenters. The number of hydrogen-bond donors (Lipinski definition) is 2. The summed E-state index contributed by atoms with van der Waals surface area (Å²) in [6.07, 6.45) is 2.64. The van der Waals surface area contributed by atoms with Gasteiger partial charge < -0.3 is 10.8 Å². The molecule has 0 aromatic rings. The summed E-state index contributed by atoms with van der Waals surface area (Å²) >= 11 is 0. The van der Waals surface area contributed by atoms with E-state index >= 15 is 0 Å². The fourth-order valence-electron chi connectivity index (χ4n) is 1.82. The number of rotatable bonds is 4. The van der Waals surface area contributed by atoms with Gasteiger partial charge in [-0.2, -0.15) is 0 Å². The lowest BCUT2D eigenvalue weighted by atomic mass is 10.0. The summed E-state index contributed by atoms with van der Waals surface area (Å²) in [6.45, 7) is 4.37. The third-order valence-corrected chi connectivity index (χ3v) is 2.64. The Hall–Kier alpha value is -1.36. The first-order chi connectivity index (χ1) is 7.02. The van der Waals surface area contributed by atoms with Crippen LogP contribution in [-0.4, -0.2) is 41.0 Å². The Morgan fingerprint density at radius 3 is 2.67 bits per heavy atom. The second-order valence-corrected chi connectivity index (χ2v) is 3.79. The lowest BCUT2D eigenvalue weighted by molar-refractivity contribution is -0.133. The summed E-state index contributed by atoms with van der Waals surface area (Å²) in [7, 11) is 0. The molecule has 3 N–H and O–H groups in total. The molecule has 1 rings (SSSR count). The predicted molar refractivity (Wildman–Crippen MR) is 55.2 cm³/mol. The van der Waals surface area contributed by atoms with Crippen molar-refractivity contribution in [1.29, 1.82) is 0 Å². The van der Waals surface area contributed by atoms with Crippen LogP contribution in [0.2, 0.25) is 0 Å². The average Bonchev–Trinajstić information content (AvgIpc) is 2.18. The molecule has 0 bridgehead atoms. The SMILES string of the molecule is C=C(CN1CCCCC1C(N)=O)C(=O)O. The minimum Gasteiger partial charge on any atom is -0.478 e. The highest BCUT2D eigenvalue weighted by atomic mass is 16.4. The molecule has 1 amide bonds. The van der Waals surface area contributed by atoms with Crippen LogP contribution >= 0.6 is 0 Å². The highest BCUT2D eigenvalue weighted by molar-refractivity contribution is 5.86. The van der Waals surface area contributed by atoms with Crippen molar-refractivity contribution in [3.63, 3.8) is 0 Å². The summed E-state index contributed by atoms with van der Waals surface area (Å²) in [5, 5.41) is 8.70. The van der Waals surface area contributed by atoms with E-state index in [1.54, 1.807) is 4.90 Å². The van der Waals surface area contributed by atoms with Gasteiger partial charge in [0.1, 0.15) is 0 Å². The van der Waals surface area contributed by atoms with E-state index in [1.165, 1.54) is 0 Å². The Kier molecular flexibility index (Phi) is 3.85. The number of amides is 1. The molecule has 1 unspecified atom stereocenters. The molecule has 0 aromatic heterocycles. The first-order valence-corrected chi connectivity index (χ1v) is 4.97. The van der Waals surface area contributed by atoms with E-state index in [0.717, 1.165) is 12.8 Å². The van der Waals surface area contributed by atoms with Crippen molar-refractivity contribution in [3.05, 3.63) is 12.2 Å². The molecule has 1 heterocycles. The van der Waals surface area contributed by atoms with E-state index in [0.29, 0.717) is 13.0 Å². The molecule has 1 aliphatic rings. The summed E-state index contributed by atoms with van der Waals surface area (Å²) in [5.74, 6) is -1.41. The van der Waals surface area contributed by atoms with Crippen LogP contribution < -0.4 is 5.73 Å². The van der Waals surface area contributed by atoms with E-state index in [1.807, 2.05) is 0 Å². The van der Waals surface area contributed by atoms with Crippen LogP contribution in [0, 0.1) is 0 Å². The van der Waals surface area contributed by atoms with Gasteiger partial charge in [0.25, 0.3) is 0 Å². The van der Waals surface area contributed by atoms with Gasteiger partial charge in [-0.3, -0.25) is 9.69 Å². The molecule has 0 aliphatic carbocycles. The van der Waals surface area contributed by atoms with Crippen LogP contribution in [0.1, 0.15) is 19.3 Å². The second-order valence-electron chi connectivity index (χ2n) is 3.79. The zero-order chi connectivity index (χ0) is 11.4. The fourth-order valence-corrected chi connectivity index (χ4v) is 1.82.